The molecular weight excluding hydrogens is 204 g/mol. The molecule has 1 aliphatic carbocycles. The fourth-order valence-electron chi connectivity index (χ4n) is 2.32. The lowest BCUT2D eigenvalue weighted by Crippen LogP contribution is -2.23. The summed E-state index contributed by atoms with van der Waals surface area (Å²) in [7, 11) is 0. The van der Waals surface area contributed by atoms with Gasteiger partial charge in [-0.3, -0.25) is 9.20 Å². The Balaban J connectivity index is 2.21. The van der Waals surface area contributed by atoms with E-state index in [0.717, 1.165) is 11.3 Å². The summed E-state index contributed by atoms with van der Waals surface area (Å²) in [6, 6.07) is 5.68. The lowest BCUT2D eigenvalue weighted by molar-refractivity contribution is 0.0911. The van der Waals surface area contributed by atoms with E-state index in [4.69, 9.17) is 5.11 Å². The SMILES string of the molecule is O=C1CC(CO)Cc2nc3ccccn3c21. The van der Waals surface area contributed by atoms with Gasteiger partial charge in [0, 0.05) is 19.2 Å². The minimum atomic E-state index is 0.0323. The lowest BCUT2D eigenvalue weighted by Gasteiger charge is -2.18. The highest BCUT2D eigenvalue weighted by molar-refractivity contribution is 5.97. The zero-order valence-corrected chi connectivity index (χ0v) is 8.76. The number of imidazole rings is 1. The Labute approximate surface area is 92.5 Å². The molecule has 4 heteroatoms. The molecule has 0 saturated carbocycles. The number of fused-ring (bicyclic) bond motifs is 3. The summed E-state index contributed by atoms with van der Waals surface area (Å²) >= 11 is 0. The van der Waals surface area contributed by atoms with E-state index in [1.807, 2.05) is 28.8 Å². The Morgan fingerprint density at radius 2 is 2.31 bits per heavy atom. The normalized spacial score (nSPS) is 20.1. The third-order valence-electron chi connectivity index (χ3n) is 3.08. The molecule has 0 spiro atoms. The maximum absolute atomic E-state index is 12.0. The molecule has 0 radical (unpaired) electrons. The largest absolute Gasteiger partial charge is 0.396 e. The molecule has 3 rings (SSSR count). The summed E-state index contributed by atoms with van der Waals surface area (Å²) in [5.41, 5.74) is 2.32. The van der Waals surface area contributed by atoms with Crippen molar-refractivity contribution in [3.8, 4) is 0 Å². The molecule has 82 valence electrons. The number of hydrogen-bond acceptors (Lipinski definition) is 3. The van der Waals surface area contributed by atoms with Gasteiger partial charge < -0.3 is 5.11 Å². The predicted octanol–water partition coefficient (Wildman–Crippen LogP) is 1.07. The number of carbonyl (C=O) groups excluding carboxylic acids is 1. The van der Waals surface area contributed by atoms with Gasteiger partial charge in [-0.25, -0.2) is 4.98 Å². The number of pyridine rings is 1. The first-order valence-electron chi connectivity index (χ1n) is 5.39. The van der Waals surface area contributed by atoms with Gasteiger partial charge >= 0.3 is 0 Å². The van der Waals surface area contributed by atoms with Crippen LogP contribution in [-0.4, -0.2) is 26.9 Å². The minimum absolute atomic E-state index is 0.0323. The lowest BCUT2D eigenvalue weighted by atomic mass is 9.89. The van der Waals surface area contributed by atoms with E-state index in [1.165, 1.54) is 0 Å². The highest BCUT2D eigenvalue weighted by Gasteiger charge is 2.28. The second-order valence-corrected chi connectivity index (χ2v) is 4.22. The molecular formula is C12H12N2O2. The quantitative estimate of drug-likeness (QED) is 0.775. The van der Waals surface area contributed by atoms with Crippen molar-refractivity contribution in [1.82, 2.24) is 9.38 Å². The van der Waals surface area contributed by atoms with E-state index in [9.17, 15) is 4.79 Å². The van der Waals surface area contributed by atoms with Crippen LogP contribution in [-0.2, 0) is 6.42 Å². The molecule has 0 fully saturated rings. The van der Waals surface area contributed by atoms with Gasteiger partial charge in [0.25, 0.3) is 0 Å². The van der Waals surface area contributed by atoms with Crippen LogP contribution in [0.25, 0.3) is 5.65 Å². The Kier molecular flexibility index (Phi) is 2.04. The van der Waals surface area contributed by atoms with E-state index in [0.29, 0.717) is 18.5 Å². The molecule has 1 aliphatic rings. The molecule has 0 aromatic carbocycles. The Bertz CT molecular complexity index is 559. The highest BCUT2D eigenvalue weighted by Crippen LogP contribution is 2.25. The Morgan fingerprint density at radius 1 is 1.44 bits per heavy atom. The van der Waals surface area contributed by atoms with Gasteiger partial charge in [0.1, 0.15) is 11.3 Å². The van der Waals surface area contributed by atoms with Crippen molar-refractivity contribution in [1.29, 1.82) is 0 Å². The number of aromatic nitrogens is 2. The van der Waals surface area contributed by atoms with E-state index < -0.39 is 0 Å². The van der Waals surface area contributed by atoms with Crippen molar-refractivity contribution in [3.05, 3.63) is 35.8 Å². The van der Waals surface area contributed by atoms with Gasteiger partial charge in [-0.15, -0.1) is 0 Å². The average molecular weight is 216 g/mol. The first kappa shape index (κ1) is 9.54. The maximum atomic E-state index is 12.0. The molecule has 0 amide bonds. The van der Waals surface area contributed by atoms with E-state index in [1.54, 1.807) is 0 Å². The van der Waals surface area contributed by atoms with Crippen molar-refractivity contribution >= 4 is 11.4 Å². The van der Waals surface area contributed by atoms with Crippen LogP contribution in [0.4, 0.5) is 0 Å². The minimum Gasteiger partial charge on any atom is -0.396 e. The van der Waals surface area contributed by atoms with Crippen LogP contribution in [0.5, 0.6) is 0 Å². The first-order valence-corrected chi connectivity index (χ1v) is 5.39. The monoisotopic (exact) mass is 216 g/mol. The van der Waals surface area contributed by atoms with Crippen LogP contribution in [0.1, 0.15) is 22.6 Å². The summed E-state index contributed by atoms with van der Waals surface area (Å²) < 4.78 is 1.84. The number of ketones is 1. The maximum Gasteiger partial charge on any atom is 0.181 e. The zero-order valence-electron chi connectivity index (χ0n) is 8.76. The first-order chi connectivity index (χ1) is 7.79. The fraction of sp³-hybridized carbons (Fsp3) is 0.333. The third-order valence-corrected chi connectivity index (χ3v) is 3.08. The Morgan fingerprint density at radius 3 is 3.12 bits per heavy atom. The number of aliphatic hydroxyl groups is 1. The molecule has 2 aromatic rings. The molecule has 0 aliphatic heterocycles. The van der Waals surface area contributed by atoms with Gasteiger partial charge in [0.2, 0.25) is 0 Å². The standard InChI is InChI=1S/C12H12N2O2/c15-7-8-5-9-12(10(16)6-8)14-4-2-1-3-11(14)13-9/h1-4,8,15H,5-7H2. The number of aliphatic hydroxyl groups excluding tert-OH is 1. The van der Waals surface area contributed by atoms with Gasteiger partial charge in [-0.05, 0) is 24.5 Å². The smallest absolute Gasteiger partial charge is 0.181 e. The fourth-order valence-corrected chi connectivity index (χ4v) is 2.32. The second kappa shape index (κ2) is 3.42. The van der Waals surface area contributed by atoms with Crippen LogP contribution in [0.15, 0.2) is 24.4 Å². The molecule has 2 aromatic heterocycles. The van der Waals surface area contributed by atoms with Crippen LogP contribution in [0.3, 0.4) is 0 Å². The van der Waals surface area contributed by atoms with Crippen LogP contribution in [0, 0.1) is 5.92 Å². The van der Waals surface area contributed by atoms with Crippen molar-refractivity contribution < 1.29 is 9.90 Å². The van der Waals surface area contributed by atoms with Crippen LogP contribution < -0.4 is 0 Å². The molecule has 0 bridgehead atoms. The van der Waals surface area contributed by atoms with E-state index >= 15 is 0 Å². The van der Waals surface area contributed by atoms with Crippen LogP contribution >= 0.6 is 0 Å². The van der Waals surface area contributed by atoms with E-state index in [-0.39, 0.29) is 18.3 Å². The molecule has 1 N–H and O–H groups in total. The molecule has 16 heavy (non-hydrogen) atoms. The van der Waals surface area contributed by atoms with Gasteiger partial charge in [0.15, 0.2) is 5.78 Å². The third kappa shape index (κ3) is 1.27. The molecule has 2 heterocycles. The molecule has 0 saturated heterocycles. The predicted molar refractivity (Wildman–Crippen MR) is 58.4 cm³/mol. The van der Waals surface area contributed by atoms with Crippen LogP contribution in [0.2, 0.25) is 0 Å². The van der Waals surface area contributed by atoms with Gasteiger partial charge in [-0.1, -0.05) is 6.07 Å². The number of Topliss-reactive ketones (excluding diaryl/α,β-unsaturated/α-hetero) is 1. The summed E-state index contributed by atoms with van der Waals surface area (Å²) in [6.07, 6.45) is 2.98. The molecule has 1 unspecified atom stereocenters. The summed E-state index contributed by atoms with van der Waals surface area (Å²) in [5, 5.41) is 9.12. The molecule has 1 atom stereocenters. The Hall–Kier alpha value is -1.68. The topological polar surface area (TPSA) is 54.6 Å². The summed E-state index contributed by atoms with van der Waals surface area (Å²) in [5.74, 6) is 0.115. The second-order valence-electron chi connectivity index (χ2n) is 4.22. The van der Waals surface area contributed by atoms with E-state index in [2.05, 4.69) is 4.98 Å². The number of rotatable bonds is 1. The summed E-state index contributed by atoms with van der Waals surface area (Å²) in [6.45, 7) is 0.0546. The van der Waals surface area contributed by atoms with Crippen molar-refractivity contribution in [2.24, 2.45) is 5.92 Å². The number of hydrogen-bond donors (Lipinski definition) is 1. The van der Waals surface area contributed by atoms with Gasteiger partial charge in [-0.2, -0.15) is 0 Å². The number of carbonyl (C=O) groups is 1. The highest BCUT2D eigenvalue weighted by atomic mass is 16.3. The van der Waals surface area contributed by atoms with Gasteiger partial charge in [0.05, 0.1) is 5.69 Å². The van der Waals surface area contributed by atoms with Crippen molar-refractivity contribution in [2.75, 3.05) is 6.61 Å². The zero-order chi connectivity index (χ0) is 11.1. The molecule has 4 nitrogen and oxygen atoms in total. The summed E-state index contributed by atoms with van der Waals surface area (Å²) in [4.78, 5) is 16.4. The van der Waals surface area contributed by atoms with Crippen molar-refractivity contribution in [3.63, 3.8) is 0 Å². The number of nitrogens with zero attached hydrogens (tertiary/aromatic N) is 2. The average Bonchev–Trinajstić information content (AvgIpc) is 2.67. The van der Waals surface area contributed by atoms with Crippen molar-refractivity contribution in [2.45, 2.75) is 12.8 Å².